The highest BCUT2D eigenvalue weighted by atomic mass is 16.5. The number of ether oxygens (including phenoxy) is 2. The van der Waals surface area contributed by atoms with Crippen LogP contribution in [0.1, 0.15) is 109 Å². The number of aryl methyl sites for hydroxylation is 1. The van der Waals surface area contributed by atoms with E-state index in [0.29, 0.717) is 0 Å². The summed E-state index contributed by atoms with van der Waals surface area (Å²) in [5, 5.41) is 2.46. The molecule has 0 aliphatic rings. The molecule has 174 valence electrons. The summed E-state index contributed by atoms with van der Waals surface area (Å²) < 4.78 is 12.1. The molecule has 0 saturated heterocycles. The molecule has 2 aromatic rings. The Morgan fingerprint density at radius 3 is 1.71 bits per heavy atom. The zero-order valence-corrected chi connectivity index (χ0v) is 20.5. The molecule has 0 bridgehead atoms. The van der Waals surface area contributed by atoms with E-state index >= 15 is 0 Å². The molecule has 0 aliphatic heterocycles. The molecule has 2 heteroatoms. The van der Waals surface area contributed by atoms with Crippen LogP contribution in [-0.2, 0) is 0 Å². The molecule has 31 heavy (non-hydrogen) atoms. The molecule has 0 atom stereocenters. The van der Waals surface area contributed by atoms with Crippen molar-refractivity contribution in [1.29, 1.82) is 0 Å². The van der Waals surface area contributed by atoms with Gasteiger partial charge < -0.3 is 9.47 Å². The van der Waals surface area contributed by atoms with Gasteiger partial charge in [0.1, 0.15) is 11.5 Å². The van der Waals surface area contributed by atoms with Gasteiger partial charge in [0, 0.05) is 0 Å². The van der Waals surface area contributed by atoms with Crippen molar-refractivity contribution in [3.63, 3.8) is 0 Å². The number of benzene rings is 2. The Hall–Kier alpha value is -1.70. The average Bonchev–Trinajstić information content (AvgIpc) is 2.77. The lowest BCUT2D eigenvalue weighted by atomic mass is 10.1. The van der Waals surface area contributed by atoms with E-state index in [9.17, 15) is 0 Å². The molecule has 2 aromatic carbocycles. The van der Waals surface area contributed by atoms with Crippen LogP contribution < -0.4 is 9.47 Å². The Labute approximate surface area is 191 Å². The van der Waals surface area contributed by atoms with Gasteiger partial charge in [0.15, 0.2) is 0 Å². The quantitative estimate of drug-likeness (QED) is 0.221. The Balaban J connectivity index is 1.74. The van der Waals surface area contributed by atoms with E-state index in [1.807, 2.05) is 0 Å². The number of hydrogen-bond donors (Lipinski definition) is 0. The van der Waals surface area contributed by atoms with Crippen molar-refractivity contribution in [2.45, 2.75) is 111 Å². The van der Waals surface area contributed by atoms with Crippen LogP contribution >= 0.6 is 0 Å². The molecule has 0 spiro atoms. The van der Waals surface area contributed by atoms with E-state index in [0.717, 1.165) is 37.6 Å². The van der Waals surface area contributed by atoms with Gasteiger partial charge in [0.05, 0.1) is 13.2 Å². The molecule has 0 N–H and O–H groups in total. The van der Waals surface area contributed by atoms with Crippen LogP contribution in [-0.4, -0.2) is 13.2 Å². The fourth-order valence-corrected chi connectivity index (χ4v) is 4.10. The lowest BCUT2D eigenvalue weighted by molar-refractivity contribution is 0.302. The number of hydrogen-bond acceptors (Lipinski definition) is 2. The van der Waals surface area contributed by atoms with Crippen molar-refractivity contribution in [2.75, 3.05) is 13.2 Å². The van der Waals surface area contributed by atoms with Crippen LogP contribution in [0.3, 0.4) is 0 Å². The lowest BCUT2D eigenvalue weighted by Gasteiger charge is -2.12. The summed E-state index contributed by atoms with van der Waals surface area (Å²) >= 11 is 0. The second kappa shape index (κ2) is 16.0. The van der Waals surface area contributed by atoms with E-state index in [-0.39, 0.29) is 0 Å². The maximum atomic E-state index is 6.13. The molecule has 2 rings (SSSR count). The highest BCUT2D eigenvalue weighted by molar-refractivity contribution is 5.86. The zero-order chi connectivity index (χ0) is 22.2. The minimum Gasteiger partial charge on any atom is -0.494 e. The summed E-state index contributed by atoms with van der Waals surface area (Å²) in [5.74, 6) is 1.99. The summed E-state index contributed by atoms with van der Waals surface area (Å²) in [5.41, 5.74) is 1.21. The first-order valence-electron chi connectivity index (χ1n) is 13.0. The van der Waals surface area contributed by atoms with E-state index in [1.165, 1.54) is 93.4 Å². The number of fused-ring (bicyclic) bond motifs is 1. The predicted octanol–water partition coefficient (Wildman–Crippen LogP) is 9.41. The van der Waals surface area contributed by atoms with Gasteiger partial charge in [-0.2, -0.15) is 0 Å². The summed E-state index contributed by atoms with van der Waals surface area (Å²) in [6, 6.07) is 10.9. The maximum Gasteiger partial charge on any atom is 0.122 e. The molecule has 0 aromatic heterocycles. The highest BCUT2D eigenvalue weighted by Gasteiger charge is 2.05. The van der Waals surface area contributed by atoms with Crippen LogP contribution in [0.15, 0.2) is 30.3 Å². The van der Waals surface area contributed by atoms with Crippen LogP contribution in [0.5, 0.6) is 11.5 Å². The van der Waals surface area contributed by atoms with Crippen LogP contribution in [0.2, 0.25) is 0 Å². The minimum atomic E-state index is 0.812. The topological polar surface area (TPSA) is 18.5 Å². The number of rotatable bonds is 18. The molecule has 0 unspecified atom stereocenters. The van der Waals surface area contributed by atoms with Gasteiger partial charge in [-0.25, -0.2) is 0 Å². The largest absolute Gasteiger partial charge is 0.494 e. The van der Waals surface area contributed by atoms with Crippen molar-refractivity contribution in [3.05, 3.63) is 35.9 Å². The standard InChI is InChI=1S/C29H46O2/c1-4-6-8-10-12-14-16-20-30-28-19-18-26-22-25(3)29(24-27(26)23-28)31-21-17-15-13-11-9-7-5-2/h18-19,22-24H,4-17,20-21H2,1-3H3. The first-order chi connectivity index (χ1) is 15.2. The molecular formula is C29H46O2. The second-order valence-corrected chi connectivity index (χ2v) is 9.07. The molecule has 0 radical (unpaired) electrons. The Morgan fingerprint density at radius 2 is 1.10 bits per heavy atom. The Bertz CT molecular complexity index is 722. The summed E-state index contributed by atoms with van der Waals surface area (Å²) in [4.78, 5) is 0. The SMILES string of the molecule is CCCCCCCCCOc1ccc2cc(C)c(OCCCCCCCCC)cc2c1. The van der Waals surface area contributed by atoms with Crippen molar-refractivity contribution in [3.8, 4) is 11.5 Å². The smallest absolute Gasteiger partial charge is 0.122 e. The van der Waals surface area contributed by atoms with Crippen molar-refractivity contribution >= 4 is 10.8 Å². The summed E-state index contributed by atoms with van der Waals surface area (Å²) in [7, 11) is 0. The lowest BCUT2D eigenvalue weighted by Crippen LogP contribution is -1.99. The highest BCUT2D eigenvalue weighted by Crippen LogP contribution is 2.29. The maximum absolute atomic E-state index is 6.13. The van der Waals surface area contributed by atoms with E-state index in [4.69, 9.17) is 9.47 Å². The third kappa shape index (κ3) is 10.4. The van der Waals surface area contributed by atoms with Gasteiger partial charge in [-0.1, -0.05) is 97.0 Å². The molecular weight excluding hydrogens is 380 g/mol. The molecule has 0 heterocycles. The third-order valence-corrected chi connectivity index (χ3v) is 6.13. The Morgan fingerprint density at radius 1 is 0.548 bits per heavy atom. The summed E-state index contributed by atoms with van der Waals surface area (Å²) in [6.07, 6.45) is 18.4. The molecule has 0 fully saturated rings. The second-order valence-electron chi connectivity index (χ2n) is 9.07. The van der Waals surface area contributed by atoms with Crippen LogP contribution in [0, 0.1) is 6.92 Å². The molecule has 2 nitrogen and oxygen atoms in total. The van der Waals surface area contributed by atoms with Crippen LogP contribution in [0.25, 0.3) is 10.8 Å². The molecule has 0 saturated carbocycles. The van der Waals surface area contributed by atoms with Gasteiger partial charge >= 0.3 is 0 Å². The fourth-order valence-electron chi connectivity index (χ4n) is 4.10. The third-order valence-electron chi connectivity index (χ3n) is 6.13. The van der Waals surface area contributed by atoms with E-state index in [1.54, 1.807) is 0 Å². The minimum absolute atomic E-state index is 0.812. The van der Waals surface area contributed by atoms with Crippen LogP contribution in [0.4, 0.5) is 0 Å². The fraction of sp³-hybridized carbons (Fsp3) is 0.655. The molecule has 0 aliphatic carbocycles. The zero-order valence-electron chi connectivity index (χ0n) is 20.5. The van der Waals surface area contributed by atoms with Gasteiger partial charge in [-0.05, 0) is 60.4 Å². The monoisotopic (exact) mass is 426 g/mol. The van der Waals surface area contributed by atoms with Gasteiger partial charge in [-0.3, -0.25) is 0 Å². The first kappa shape index (κ1) is 25.6. The van der Waals surface area contributed by atoms with Gasteiger partial charge in [0.25, 0.3) is 0 Å². The van der Waals surface area contributed by atoms with E-state index < -0.39 is 0 Å². The molecule has 0 amide bonds. The predicted molar refractivity (Wildman–Crippen MR) is 136 cm³/mol. The normalized spacial score (nSPS) is 11.2. The average molecular weight is 427 g/mol. The van der Waals surface area contributed by atoms with Crippen molar-refractivity contribution in [1.82, 2.24) is 0 Å². The van der Waals surface area contributed by atoms with Gasteiger partial charge in [0.2, 0.25) is 0 Å². The number of unbranched alkanes of at least 4 members (excludes halogenated alkanes) is 12. The van der Waals surface area contributed by atoms with E-state index in [2.05, 4.69) is 51.1 Å². The first-order valence-corrected chi connectivity index (χ1v) is 13.0. The Kier molecular flexibility index (Phi) is 13.2. The summed E-state index contributed by atoms with van der Waals surface area (Å²) in [6.45, 7) is 8.31. The van der Waals surface area contributed by atoms with Crippen molar-refractivity contribution in [2.24, 2.45) is 0 Å². The van der Waals surface area contributed by atoms with Gasteiger partial charge in [-0.15, -0.1) is 0 Å². The van der Waals surface area contributed by atoms with Crippen molar-refractivity contribution < 1.29 is 9.47 Å².